The van der Waals surface area contributed by atoms with Crippen molar-refractivity contribution in [2.24, 2.45) is 5.92 Å². The Labute approximate surface area is 96.0 Å². The van der Waals surface area contributed by atoms with Gasteiger partial charge in [0.1, 0.15) is 5.82 Å². The van der Waals surface area contributed by atoms with Gasteiger partial charge in [-0.3, -0.25) is 0 Å². The van der Waals surface area contributed by atoms with Crippen LogP contribution in [0.3, 0.4) is 0 Å². The van der Waals surface area contributed by atoms with Gasteiger partial charge in [-0.2, -0.15) is 0 Å². The van der Waals surface area contributed by atoms with Crippen molar-refractivity contribution >= 4 is 11.4 Å². The monoisotopic (exact) mass is 222 g/mol. The van der Waals surface area contributed by atoms with Crippen molar-refractivity contribution in [2.45, 2.75) is 38.6 Å². The lowest BCUT2D eigenvalue weighted by molar-refractivity contribution is 0.361. The van der Waals surface area contributed by atoms with E-state index in [0.717, 1.165) is 24.4 Å². The van der Waals surface area contributed by atoms with E-state index in [1.165, 1.54) is 25.0 Å². The van der Waals surface area contributed by atoms with Gasteiger partial charge >= 0.3 is 0 Å². The lowest BCUT2D eigenvalue weighted by Crippen LogP contribution is -2.25. The van der Waals surface area contributed by atoms with Crippen LogP contribution in [0.1, 0.15) is 32.6 Å². The lowest BCUT2D eigenvalue weighted by Gasteiger charge is -2.27. The van der Waals surface area contributed by atoms with Crippen LogP contribution in [-0.4, -0.2) is 6.04 Å². The van der Waals surface area contributed by atoms with Gasteiger partial charge in [0.25, 0.3) is 0 Å². The van der Waals surface area contributed by atoms with Crippen LogP contribution in [0.2, 0.25) is 0 Å². The van der Waals surface area contributed by atoms with Crippen molar-refractivity contribution in [3.05, 3.63) is 24.0 Å². The first kappa shape index (κ1) is 11.2. The summed E-state index contributed by atoms with van der Waals surface area (Å²) < 4.78 is 13.1. The van der Waals surface area contributed by atoms with Crippen LogP contribution in [0.25, 0.3) is 0 Å². The fourth-order valence-corrected chi connectivity index (χ4v) is 2.34. The Morgan fingerprint density at radius 1 is 1.19 bits per heavy atom. The third-order valence-corrected chi connectivity index (χ3v) is 3.31. The normalized spacial score (nSPS) is 25.4. The molecule has 0 aromatic heterocycles. The minimum atomic E-state index is -0.272. The Kier molecular flexibility index (Phi) is 3.32. The van der Waals surface area contributed by atoms with Gasteiger partial charge in [-0.25, -0.2) is 4.39 Å². The Morgan fingerprint density at radius 2 is 1.88 bits per heavy atom. The van der Waals surface area contributed by atoms with Crippen LogP contribution in [0.15, 0.2) is 18.2 Å². The van der Waals surface area contributed by atoms with Gasteiger partial charge in [0, 0.05) is 17.4 Å². The Hall–Kier alpha value is -1.25. The second kappa shape index (κ2) is 4.73. The highest BCUT2D eigenvalue weighted by Crippen LogP contribution is 2.26. The molecule has 0 spiro atoms. The quantitative estimate of drug-likeness (QED) is 0.753. The van der Waals surface area contributed by atoms with Gasteiger partial charge in [0.05, 0.1) is 0 Å². The van der Waals surface area contributed by atoms with E-state index >= 15 is 0 Å². The van der Waals surface area contributed by atoms with Crippen molar-refractivity contribution in [3.63, 3.8) is 0 Å². The summed E-state index contributed by atoms with van der Waals surface area (Å²) in [6, 6.07) is 5.11. The van der Waals surface area contributed by atoms with Crippen molar-refractivity contribution in [1.29, 1.82) is 0 Å². The maximum atomic E-state index is 13.1. The number of halogens is 1. The van der Waals surface area contributed by atoms with Gasteiger partial charge in [-0.05, 0) is 49.8 Å². The Balaban J connectivity index is 1.98. The van der Waals surface area contributed by atoms with Crippen LogP contribution in [-0.2, 0) is 0 Å². The summed E-state index contributed by atoms with van der Waals surface area (Å²) in [5.41, 5.74) is 6.89. The molecule has 1 aliphatic rings. The number of rotatable bonds is 2. The van der Waals surface area contributed by atoms with E-state index in [2.05, 4.69) is 12.2 Å². The van der Waals surface area contributed by atoms with Gasteiger partial charge in [0.15, 0.2) is 0 Å². The molecular weight excluding hydrogens is 203 g/mol. The highest BCUT2D eigenvalue weighted by atomic mass is 19.1. The minimum Gasteiger partial charge on any atom is -0.399 e. The third-order valence-electron chi connectivity index (χ3n) is 3.31. The molecule has 2 nitrogen and oxygen atoms in total. The first-order valence-corrected chi connectivity index (χ1v) is 5.96. The summed E-state index contributed by atoms with van der Waals surface area (Å²) in [4.78, 5) is 0. The zero-order valence-corrected chi connectivity index (χ0v) is 9.67. The third kappa shape index (κ3) is 2.87. The molecule has 2 rings (SSSR count). The van der Waals surface area contributed by atoms with Crippen molar-refractivity contribution in [2.75, 3.05) is 11.1 Å². The lowest BCUT2D eigenvalue weighted by atomic mass is 9.87. The molecule has 3 heteroatoms. The van der Waals surface area contributed by atoms with E-state index in [1.807, 2.05) is 0 Å². The number of hydrogen-bond donors (Lipinski definition) is 2. The van der Waals surface area contributed by atoms with Gasteiger partial charge < -0.3 is 11.1 Å². The van der Waals surface area contributed by atoms with E-state index < -0.39 is 0 Å². The molecule has 0 aliphatic heterocycles. The first-order chi connectivity index (χ1) is 7.63. The Bertz CT molecular complexity index is 337. The molecule has 0 amide bonds. The second-order valence-electron chi connectivity index (χ2n) is 4.87. The molecular formula is C13H19FN2. The standard InChI is InChI=1S/C13H19FN2/c1-9-2-4-12(5-3-9)16-13-7-10(14)6-11(15)8-13/h6-9,12,16H,2-5,15H2,1H3. The Morgan fingerprint density at radius 3 is 2.50 bits per heavy atom. The van der Waals surface area contributed by atoms with E-state index in [1.54, 1.807) is 6.07 Å². The summed E-state index contributed by atoms with van der Waals surface area (Å²) in [6.07, 6.45) is 4.83. The molecule has 1 aromatic rings. The largest absolute Gasteiger partial charge is 0.399 e. The maximum absolute atomic E-state index is 13.1. The molecule has 3 N–H and O–H groups in total. The van der Waals surface area contributed by atoms with Crippen LogP contribution in [0.4, 0.5) is 15.8 Å². The molecule has 0 atom stereocenters. The van der Waals surface area contributed by atoms with Gasteiger partial charge in [0.2, 0.25) is 0 Å². The van der Waals surface area contributed by atoms with E-state index in [0.29, 0.717) is 11.7 Å². The molecule has 1 aliphatic carbocycles. The predicted molar refractivity (Wildman–Crippen MR) is 65.9 cm³/mol. The summed E-state index contributed by atoms with van der Waals surface area (Å²) in [6.45, 7) is 2.29. The molecule has 88 valence electrons. The molecule has 0 unspecified atom stereocenters. The van der Waals surface area contributed by atoms with Crippen molar-refractivity contribution in [1.82, 2.24) is 0 Å². The average molecular weight is 222 g/mol. The van der Waals surface area contributed by atoms with Gasteiger partial charge in [-0.1, -0.05) is 6.92 Å². The summed E-state index contributed by atoms with van der Waals surface area (Å²) in [5, 5.41) is 3.36. The number of benzene rings is 1. The fourth-order valence-electron chi connectivity index (χ4n) is 2.34. The van der Waals surface area contributed by atoms with E-state index in [-0.39, 0.29) is 5.82 Å². The summed E-state index contributed by atoms with van der Waals surface area (Å²) >= 11 is 0. The molecule has 16 heavy (non-hydrogen) atoms. The second-order valence-corrected chi connectivity index (χ2v) is 4.87. The predicted octanol–water partition coefficient (Wildman–Crippen LogP) is 3.40. The highest BCUT2D eigenvalue weighted by molar-refractivity contribution is 5.55. The summed E-state index contributed by atoms with van der Waals surface area (Å²) in [7, 11) is 0. The van der Waals surface area contributed by atoms with Crippen LogP contribution in [0, 0.1) is 11.7 Å². The average Bonchev–Trinajstić information content (AvgIpc) is 2.20. The molecule has 0 bridgehead atoms. The van der Waals surface area contributed by atoms with E-state index in [4.69, 9.17) is 5.73 Å². The molecule has 1 fully saturated rings. The van der Waals surface area contributed by atoms with Crippen LogP contribution < -0.4 is 11.1 Å². The topological polar surface area (TPSA) is 38.0 Å². The van der Waals surface area contributed by atoms with Gasteiger partial charge in [-0.15, -0.1) is 0 Å². The molecule has 1 aromatic carbocycles. The summed E-state index contributed by atoms with van der Waals surface area (Å²) in [5.74, 6) is 0.558. The number of nitrogen functional groups attached to an aromatic ring is 1. The SMILES string of the molecule is CC1CCC(Nc2cc(N)cc(F)c2)CC1. The smallest absolute Gasteiger partial charge is 0.127 e. The highest BCUT2D eigenvalue weighted by Gasteiger charge is 2.17. The minimum absolute atomic E-state index is 0.272. The van der Waals surface area contributed by atoms with Crippen LogP contribution in [0.5, 0.6) is 0 Å². The fraction of sp³-hybridized carbons (Fsp3) is 0.538. The molecule has 0 heterocycles. The molecule has 0 saturated heterocycles. The molecule has 0 radical (unpaired) electrons. The number of nitrogens with one attached hydrogen (secondary N) is 1. The maximum Gasteiger partial charge on any atom is 0.127 e. The number of nitrogens with two attached hydrogens (primary N) is 1. The number of hydrogen-bond acceptors (Lipinski definition) is 2. The van der Waals surface area contributed by atoms with Crippen LogP contribution >= 0.6 is 0 Å². The molecule has 1 saturated carbocycles. The van der Waals surface area contributed by atoms with E-state index in [9.17, 15) is 4.39 Å². The number of anilines is 2. The van der Waals surface area contributed by atoms with Crippen molar-refractivity contribution < 1.29 is 4.39 Å². The first-order valence-electron chi connectivity index (χ1n) is 5.96. The van der Waals surface area contributed by atoms with Crippen molar-refractivity contribution in [3.8, 4) is 0 Å². The zero-order chi connectivity index (χ0) is 11.5. The zero-order valence-electron chi connectivity index (χ0n) is 9.67.